The van der Waals surface area contributed by atoms with Crippen LogP contribution < -0.4 is 5.43 Å². The van der Waals surface area contributed by atoms with Crippen LogP contribution >= 0.6 is 11.5 Å². The predicted octanol–water partition coefficient (Wildman–Crippen LogP) is 1.75. The number of carbonyl (C=O) groups excluding carboxylic acids is 1. The van der Waals surface area contributed by atoms with Gasteiger partial charge in [0.1, 0.15) is 10.7 Å². The molecule has 0 unspecified atom stereocenters. The second-order valence-corrected chi connectivity index (χ2v) is 4.20. The van der Waals surface area contributed by atoms with E-state index in [-0.39, 0.29) is 11.7 Å². The molecule has 0 aliphatic heterocycles. The molecule has 18 heavy (non-hydrogen) atoms. The monoisotopic (exact) mass is 264 g/mol. The van der Waals surface area contributed by atoms with E-state index in [9.17, 15) is 9.18 Å². The van der Waals surface area contributed by atoms with Crippen LogP contribution in [0.1, 0.15) is 20.9 Å². The third-order valence-corrected chi connectivity index (χ3v) is 2.91. The number of aromatic nitrogens is 2. The van der Waals surface area contributed by atoms with Crippen molar-refractivity contribution in [1.82, 2.24) is 15.0 Å². The van der Waals surface area contributed by atoms with Crippen molar-refractivity contribution < 1.29 is 9.18 Å². The summed E-state index contributed by atoms with van der Waals surface area (Å²) in [4.78, 5) is 12.0. The van der Waals surface area contributed by atoms with E-state index in [0.717, 1.165) is 11.5 Å². The van der Waals surface area contributed by atoms with E-state index in [4.69, 9.17) is 0 Å². The number of amides is 1. The maximum atomic E-state index is 12.9. The lowest BCUT2D eigenvalue weighted by Gasteiger charge is -1.96. The van der Waals surface area contributed by atoms with Crippen molar-refractivity contribution in [3.05, 3.63) is 46.2 Å². The van der Waals surface area contributed by atoms with Crippen molar-refractivity contribution in [2.24, 2.45) is 5.10 Å². The molecule has 5 nitrogen and oxygen atoms in total. The van der Waals surface area contributed by atoms with Crippen LogP contribution in [0.5, 0.6) is 0 Å². The minimum Gasteiger partial charge on any atom is -0.266 e. The van der Waals surface area contributed by atoms with Crippen LogP contribution in [0.15, 0.2) is 29.4 Å². The molecule has 2 aromatic rings. The Hall–Kier alpha value is -2.15. The van der Waals surface area contributed by atoms with E-state index < -0.39 is 0 Å². The minimum absolute atomic E-state index is 0.354. The Morgan fingerprint density at radius 1 is 1.56 bits per heavy atom. The lowest BCUT2D eigenvalue weighted by molar-refractivity contribution is 0.0958. The van der Waals surface area contributed by atoms with E-state index in [1.807, 2.05) is 0 Å². The highest BCUT2D eigenvalue weighted by atomic mass is 32.1. The molecule has 0 radical (unpaired) electrons. The summed E-state index contributed by atoms with van der Waals surface area (Å²) in [6, 6.07) is 5.89. The van der Waals surface area contributed by atoms with Crippen molar-refractivity contribution in [3.8, 4) is 0 Å². The molecule has 0 aliphatic rings. The third kappa shape index (κ3) is 2.95. The van der Waals surface area contributed by atoms with Gasteiger partial charge in [-0.25, -0.2) is 9.82 Å². The van der Waals surface area contributed by atoms with E-state index >= 15 is 0 Å². The Bertz CT molecular complexity index is 596. The largest absolute Gasteiger partial charge is 0.285 e. The number of hydrazone groups is 1. The molecule has 0 aliphatic carbocycles. The Morgan fingerprint density at radius 2 is 2.39 bits per heavy atom. The molecule has 2 rings (SSSR count). The van der Waals surface area contributed by atoms with Gasteiger partial charge in [0.2, 0.25) is 0 Å². The quantitative estimate of drug-likeness (QED) is 0.678. The molecule has 1 aromatic heterocycles. The van der Waals surface area contributed by atoms with Gasteiger partial charge in [0.25, 0.3) is 5.91 Å². The Balaban J connectivity index is 2.00. The van der Waals surface area contributed by atoms with Gasteiger partial charge < -0.3 is 0 Å². The highest BCUT2D eigenvalue weighted by Crippen LogP contribution is 2.08. The van der Waals surface area contributed by atoms with Gasteiger partial charge in [-0.15, -0.1) is 5.10 Å². The van der Waals surface area contributed by atoms with E-state index in [1.54, 1.807) is 19.1 Å². The number of nitrogens with one attached hydrogen (secondary N) is 1. The molecule has 1 N–H and O–H groups in total. The van der Waals surface area contributed by atoms with E-state index in [0.29, 0.717) is 16.1 Å². The van der Waals surface area contributed by atoms with Gasteiger partial charge in [-0.05, 0) is 36.2 Å². The molecule has 0 saturated heterocycles. The molecular formula is C11H9FN4OS. The van der Waals surface area contributed by atoms with Crippen LogP contribution in [-0.4, -0.2) is 21.7 Å². The summed E-state index contributed by atoms with van der Waals surface area (Å²) in [5.41, 5.74) is 3.45. The SMILES string of the molecule is Cc1nnsc1C(=O)NN=Cc1cccc(F)c1. The summed E-state index contributed by atoms with van der Waals surface area (Å²) >= 11 is 0.999. The van der Waals surface area contributed by atoms with Crippen LogP contribution in [0.4, 0.5) is 4.39 Å². The maximum Gasteiger partial charge on any atom is 0.285 e. The molecule has 92 valence electrons. The van der Waals surface area contributed by atoms with Crippen molar-refractivity contribution in [1.29, 1.82) is 0 Å². The summed E-state index contributed by atoms with van der Waals surface area (Å²) in [6.45, 7) is 1.69. The highest BCUT2D eigenvalue weighted by Gasteiger charge is 2.11. The van der Waals surface area contributed by atoms with Crippen molar-refractivity contribution in [2.75, 3.05) is 0 Å². The van der Waals surface area contributed by atoms with Crippen LogP contribution in [0.25, 0.3) is 0 Å². The topological polar surface area (TPSA) is 67.2 Å². The highest BCUT2D eigenvalue weighted by molar-refractivity contribution is 7.07. The van der Waals surface area contributed by atoms with Crippen LogP contribution in [0, 0.1) is 12.7 Å². The third-order valence-electron chi connectivity index (χ3n) is 2.09. The summed E-state index contributed by atoms with van der Waals surface area (Å²) in [6.07, 6.45) is 1.37. The molecule has 1 aromatic carbocycles. The summed E-state index contributed by atoms with van der Waals surface area (Å²) in [5, 5.41) is 7.46. The standard InChI is InChI=1S/C11H9FN4OS/c1-7-10(18-16-14-7)11(17)15-13-6-8-3-2-4-9(12)5-8/h2-6H,1H3,(H,15,17). The van der Waals surface area contributed by atoms with Gasteiger partial charge in [-0.1, -0.05) is 16.6 Å². The summed E-state index contributed by atoms with van der Waals surface area (Å²) in [7, 11) is 0. The van der Waals surface area contributed by atoms with Gasteiger partial charge >= 0.3 is 0 Å². The van der Waals surface area contributed by atoms with Gasteiger partial charge in [-0.3, -0.25) is 4.79 Å². The van der Waals surface area contributed by atoms with Crippen LogP contribution in [-0.2, 0) is 0 Å². The smallest absolute Gasteiger partial charge is 0.266 e. The van der Waals surface area contributed by atoms with Gasteiger partial charge in [0, 0.05) is 0 Å². The van der Waals surface area contributed by atoms with Crippen molar-refractivity contribution in [3.63, 3.8) is 0 Å². The van der Waals surface area contributed by atoms with E-state index in [1.165, 1.54) is 18.3 Å². The summed E-state index contributed by atoms with van der Waals surface area (Å²) < 4.78 is 16.5. The normalized spacial score (nSPS) is 10.8. The second-order valence-electron chi connectivity index (χ2n) is 3.44. The molecule has 0 atom stereocenters. The molecule has 0 bridgehead atoms. The van der Waals surface area contributed by atoms with Gasteiger partial charge in [0.05, 0.1) is 11.9 Å². The fraction of sp³-hybridized carbons (Fsp3) is 0.0909. The number of benzene rings is 1. The molecule has 0 fully saturated rings. The summed E-state index contributed by atoms with van der Waals surface area (Å²) in [5.74, 6) is -0.733. The van der Waals surface area contributed by atoms with Gasteiger partial charge in [-0.2, -0.15) is 5.10 Å². The number of hydrogen-bond acceptors (Lipinski definition) is 5. The maximum absolute atomic E-state index is 12.9. The first-order valence-electron chi connectivity index (χ1n) is 5.05. The second kappa shape index (κ2) is 5.46. The predicted molar refractivity (Wildman–Crippen MR) is 66.1 cm³/mol. The number of halogens is 1. The van der Waals surface area contributed by atoms with Gasteiger partial charge in [0.15, 0.2) is 0 Å². The molecule has 7 heteroatoms. The minimum atomic E-state index is -0.379. The van der Waals surface area contributed by atoms with Crippen LogP contribution in [0.2, 0.25) is 0 Å². The Kier molecular flexibility index (Phi) is 3.73. The lowest BCUT2D eigenvalue weighted by Crippen LogP contribution is -2.17. The number of aryl methyl sites for hydroxylation is 1. The first-order chi connectivity index (χ1) is 8.66. The van der Waals surface area contributed by atoms with E-state index in [2.05, 4.69) is 20.1 Å². The zero-order valence-corrected chi connectivity index (χ0v) is 10.2. The fourth-order valence-electron chi connectivity index (χ4n) is 1.24. The fourth-order valence-corrected chi connectivity index (χ4v) is 1.79. The lowest BCUT2D eigenvalue weighted by atomic mass is 10.2. The molecule has 1 amide bonds. The first kappa shape index (κ1) is 12.3. The first-order valence-corrected chi connectivity index (χ1v) is 5.82. The Labute approximate surface area is 107 Å². The van der Waals surface area contributed by atoms with Crippen LogP contribution in [0.3, 0.4) is 0 Å². The molecule has 0 saturated carbocycles. The number of nitrogens with zero attached hydrogens (tertiary/aromatic N) is 3. The molecule has 1 heterocycles. The van der Waals surface area contributed by atoms with Crippen molar-refractivity contribution in [2.45, 2.75) is 6.92 Å². The number of rotatable bonds is 3. The zero-order chi connectivity index (χ0) is 13.0. The zero-order valence-electron chi connectivity index (χ0n) is 9.42. The average Bonchev–Trinajstić information content (AvgIpc) is 2.75. The average molecular weight is 264 g/mol. The number of carbonyl (C=O) groups is 1. The molecular weight excluding hydrogens is 255 g/mol. The molecule has 0 spiro atoms. The van der Waals surface area contributed by atoms with Crippen molar-refractivity contribution >= 4 is 23.7 Å². The number of hydrogen-bond donors (Lipinski definition) is 1. The Morgan fingerprint density at radius 3 is 3.06 bits per heavy atom.